The predicted molar refractivity (Wildman–Crippen MR) is 137 cm³/mol. The molecule has 3 heterocycles. The van der Waals surface area contributed by atoms with Gasteiger partial charge in [0.25, 0.3) is 0 Å². The Hall–Kier alpha value is -2.42. The van der Waals surface area contributed by atoms with Crippen LogP contribution in [-0.2, 0) is 6.54 Å². The molecule has 1 aliphatic rings. The van der Waals surface area contributed by atoms with Gasteiger partial charge in [-0.3, -0.25) is 4.98 Å². The first-order chi connectivity index (χ1) is 14.7. The van der Waals surface area contributed by atoms with E-state index in [1.165, 1.54) is 5.56 Å². The average molecular weight is 530 g/mol. The molecule has 6 nitrogen and oxygen atoms in total. The minimum atomic E-state index is 0. The molecule has 2 atom stereocenters. The number of nitrogens with one attached hydrogen (secondary N) is 1. The second-order valence-corrected chi connectivity index (χ2v) is 7.87. The molecule has 0 amide bonds. The lowest BCUT2D eigenvalue weighted by Gasteiger charge is -2.39. The van der Waals surface area contributed by atoms with Gasteiger partial charge in [-0.15, -0.1) is 24.0 Å². The molecule has 0 bridgehead atoms. The van der Waals surface area contributed by atoms with E-state index >= 15 is 0 Å². The largest absolute Gasteiger partial charge is 0.357 e. The van der Waals surface area contributed by atoms with E-state index in [4.69, 9.17) is 4.99 Å². The van der Waals surface area contributed by atoms with Crippen LogP contribution in [0.1, 0.15) is 31.9 Å². The molecule has 1 fully saturated rings. The fourth-order valence-corrected chi connectivity index (χ4v) is 4.05. The molecule has 0 radical (unpaired) electrons. The van der Waals surface area contributed by atoms with Crippen molar-refractivity contribution < 1.29 is 0 Å². The quantitative estimate of drug-likeness (QED) is 0.298. The van der Waals surface area contributed by atoms with Crippen molar-refractivity contribution in [1.29, 1.82) is 0 Å². The Morgan fingerprint density at radius 2 is 2.10 bits per heavy atom. The Labute approximate surface area is 201 Å². The van der Waals surface area contributed by atoms with Gasteiger partial charge < -0.3 is 14.8 Å². The topological polar surface area (TPSA) is 58.3 Å². The molecule has 2 unspecified atom stereocenters. The Balaban J connectivity index is 0.00000272. The Bertz CT molecular complexity index is 957. The molecule has 4 rings (SSSR count). The molecule has 0 aliphatic carbocycles. The van der Waals surface area contributed by atoms with Gasteiger partial charge in [0.05, 0.1) is 24.6 Å². The Kier molecular flexibility index (Phi) is 8.45. The molecule has 0 saturated carbocycles. The molecule has 1 aliphatic heterocycles. The fourth-order valence-electron chi connectivity index (χ4n) is 4.05. The molecule has 1 saturated heterocycles. The van der Waals surface area contributed by atoms with Crippen LogP contribution in [0.25, 0.3) is 11.3 Å². The zero-order valence-electron chi connectivity index (χ0n) is 18.2. The normalized spacial score (nSPS) is 19.0. The van der Waals surface area contributed by atoms with Gasteiger partial charge >= 0.3 is 0 Å². The molecule has 2 aromatic heterocycles. The number of likely N-dealkylation sites (tertiary alicyclic amines) is 1. The number of hydrogen-bond acceptors (Lipinski definition) is 3. The minimum Gasteiger partial charge on any atom is -0.357 e. The Morgan fingerprint density at radius 1 is 1.19 bits per heavy atom. The van der Waals surface area contributed by atoms with Gasteiger partial charge in [-0.05, 0) is 43.0 Å². The summed E-state index contributed by atoms with van der Waals surface area (Å²) >= 11 is 0. The smallest absolute Gasteiger partial charge is 0.194 e. The van der Waals surface area contributed by atoms with Crippen molar-refractivity contribution in [3.05, 3.63) is 72.9 Å². The third kappa shape index (κ3) is 5.84. The van der Waals surface area contributed by atoms with Crippen LogP contribution in [0, 0.1) is 5.92 Å². The monoisotopic (exact) mass is 530 g/mol. The summed E-state index contributed by atoms with van der Waals surface area (Å²) in [4.78, 5) is 16.1. The van der Waals surface area contributed by atoms with Crippen molar-refractivity contribution in [2.24, 2.45) is 10.9 Å². The average Bonchev–Trinajstić information content (AvgIpc) is 3.33. The number of piperidine rings is 1. The lowest BCUT2D eigenvalue weighted by molar-refractivity contribution is 0.189. The number of nitrogens with zero attached hydrogens (tertiary/aromatic N) is 5. The Morgan fingerprint density at radius 3 is 2.84 bits per heavy atom. The second kappa shape index (κ2) is 11.3. The third-order valence-corrected chi connectivity index (χ3v) is 5.76. The number of benzene rings is 1. The van der Waals surface area contributed by atoms with Crippen molar-refractivity contribution >= 4 is 29.9 Å². The van der Waals surface area contributed by atoms with Crippen LogP contribution in [0.4, 0.5) is 0 Å². The molecular weight excluding hydrogens is 499 g/mol. The maximum absolute atomic E-state index is 4.97. The summed E-state index contributed by atoms with van der Waals surface area (Å²) in [5.41, 5.74) is 3.30. The van der Waals surface area contributed by atoms with E-state index in [0.29, 0.717) is 18.5 Å². The molecule has 1 N–H and O–H groups in total. The number of pyridine rings is 1. The highest BCUT2D eigenvalue weighted by Crippen LogP contribution is 2.27. The van der Waals surface area contributed by atoms with Gasteiger partial charge in [0.2, 0.25) is 0 Å². The number of aliphatic imine (C=N–C) groups is 1. The number of rotatable bonds is 5. The lowest BCUT2D eigenvalue weighted by atomic mass is 9.93. The van der Waals surface area contributed by atoms with E-state index in [1.54, 1.807) is 0 Å². The molecule has 164 valence electrons. The van der Waals surface area contributed by atoms with E-state index in [-0.39, 0.29) is 24.0 Å². The van der Waals surface area contributed by atoms with Crippen molar-refractivity contribution in [2.45, 2.75) is 32.9 Å². The van der Waals surface area contributed by atoms with E-state index in [1.807, 2.05) is 36.9 Å². The summed E-state index contributed by atoms with van der Waals surface area (Å²) in [6.07, 6.45) is 8.83. The number of imidazole rings is 1. The molecule has 31 heavy (non-hydrogen) atoms. The SMILES string of the molecule is CCNC(=NCc1cccc(-c2ccccn2)c1)N1CCC(C)C(n2ccnc2)C1.I. The van der Waals surface area contributed by atoms with Crippen molar-refractivity contribution in [3.8, 4) is 11.3 Å². The predicted octanol–water partition coefficient (Wildman–Crippen LogP) is 4.61. The second-order valence-electron chi connectivity index (χ2n) is 7.87. The van der Waals surface area contributed by atoms with Crippen LogP contribution in [0.5, 0.6) is 0 Å². The minimum absolute atomic E-state index is 0. The maximum atomic E-state index is 4.97. The summed E-state index contributed by atoms with van der Waals surface area (Å²) in [5, 5.41) is 3.49. The van der Waals surface area contributed by atoms with Gasteiger partial charge in [-0.25, -0.2) is 9.98 Å². The van der Waals surface area contributed by atoms with Gasteiger partial charge in [-0.2, -0.15) is 0 Å². The zero-order chi connectivity index (χ0) is 20.8. The van der Waals surface area contributed by atoms with E-state index in [9.17, 15) is 0 Å². The van der Waals surface area contributed by atoms with Crippen LogP contribution < -0.4 is 5.32 Å². The first-order valence-corrected chi connectivity index (χ1v) is 10.8. The molecule has 7 heteroatoms. The lowest BCUT2D eigenvalue weighted by Crippen LogP contribution is -2.49. The molecule has 1 aromatic carbocycles. The summed E-state index contributed by atoms with van der Waals surface area (Å²) in [5.74, 6) is 1.60. The standard InChI is InChI=1S/C24H30N6.HI/c1-3-26-24(29-13-10-19(2)23(17-29)30-14-12-25-18-30)28-16-20-7-6-8-21(15-20)22-9-4-5-11-27-22;/h4-9,11-12,14-15,18-19,23H,3,10,13,16-17H2,1-2H3,(H,26,28);1H. The highest BCUT2D eigenvalue weighted by atomic mass is 127. The highest BCUT2D eigenvalue weighted by Gasteiger charge is 2.28. The summed E-state index contributed by atoms with van der Waals surface area (Å²) in [7, 11) is 0. The summed E-state index contributed by atoms with van der Waals surface area (Å²) in [6, 6.07) is 14.9. The van der Waals surface area contributed by atoms with Crippen molar-refractivity contribution in [3.63, 3.8) is 0 Å². The van der Waals surface area contributed by atoms with E-state index in [2.05, 4.69) is 69.1 Å². The fraction of sp³-hybridized carbons (Fsp3) is 0.375. The highest BCUT2D eigenvalue weighted by molar-refractivity contribution is 14.0. The van der Waals surface area contributed by atoms with Gasteiger partial charge in [0.1, 0.15) is 0 Å². The van der Waals surface area contributed by atoms with Crippen molar-refractivity contribution in [1.82, 2.24) is 24.8 Å². The van der Waals surface area contributed by atoms with Crippen LogP contribution in [0.3, 0.4) is 0 Å². The van der Waals surface area contributed by atoms with Gasteiger partial charge in [0.15, 0.2) is 5.96 Å². The molecule has 3 aromatic rings. The van der Waals surface area contributed by atoms with Gasteiger partial charge in [-0.1, -0.05) is 31.2 Å². The number of halogens is 1. The van der Waals surface area contributed by atoms with Crippen molar-refractivity contribution in [2.75, 3.05) is 19.6 Å². The maximum Gasteiger partial charge on any atom is 0.194 e. The number of aromatic nitrogens is 3. The number of hydrogen-bond donors (Lipinski definition) is 1. The zero-order valence-corrected chi connectivity index (χ0v) is 20.5. The first-order valence-electron chi connectivity index (χ1n) is 10.8. The summed E-state index contributed by atoms with van der Waals surface area (Å²) in [6.45, 7) is 7.91. The van der Waals surface area contributed by atoms with E-state index in [0.717, 1.165) is 43.3 Å². The van der Waals surface area contributed by atoms with Gasteiger partial charge in [0, 0.05) is 43.8 Å². The summed E-state index contributed by atoms with van der Waals surface area (Å²) < 4.78 is 2.23. The van der Waals surface area contributed by atoms with Crippen LogP contribution in [0.15, 0.2) is 72.4 Å². The molecular formula is C24H31IN6. The third-order valence-electron chi connectivity index (χ3n) is 5.76. The van der Waals surface area contributed by atoms with E-state index < -0.39 is 0 Å². The van der Waals surface area contributed by atoms with Crippen LogP contribution in [0.2, 0.25) is 0 Å². The first kappa shape index (κ1) is 23.2. The number of guanidine groups is 1. The van der Waals surface area contributed by atoms with Crippen LogP contribution >= 0.6 is 24.0 Å². The molecule has 0 spiro atoms. The van der Waals surface area contributed by atoms with Crippen LogP contribution in [-0.4, -0.2) is 45.0 Å².